The molecule has 0 bridgehead atoms. The van der Waals surface area contributed by atoms with Gasteiger partial charge in [0.1, 0.15) is 0 Å². The summed E-state index contributed by atoms with van der Waals surface area (Å²) < 4.78 is 4.33. The van der Waals surface area contributed by atoms with Gasteiger partial charge >= 0.3 is 5.97 Å². The molecule has 0 fully saturated rings. The maximum absolute atomic E-state index is 12.5. The van der Waals surface area contributed by atoms with Gasteiger partial charge in [0.15, 0.2) is 5.78 Å². The van der Waals surface area contributed by atoms with Gasteiger partial charge in [-0.05, 0) is 61.5 Å². The molecule has 0 aliphatic heterocycles. The van der Waals surface area contributed by atoms with Crippen LogP contribution >= 0.6 is 12.0 Å². The van der Waals surface area contributed by atoms with E-state index in [0.717, 1.165) is 12.0 Å². The number of benzene rings is 3. The minimum atomic E-state index is -1.46. The molecule has 1 unspecified atom stereocenters. The van der Waals surface area contributed by atoms with E-state index in [1.165, 1.54) is 25.1 Å². The summed E-state index contributed by atoms with van der Waals surface area (Å²) in [6.45, 7) is 1.19. The van der Waals surface area contributed by atoms with Crippen LogP contribution in [0.4, 0.5) is 22.7 Å². The highest BCUT2D eigenvalue weighted by atomic mass is 32.2. The van der Waals surface area contributed by atoms with E-state index < -0.39 is 23.7 Å². The van der Waals surface area contributed by atoms with Gasteiger partial charge in [-0.25, -0.2) is 10.1 Å². The Hall–Kier alpha value is -4.30. The first-order chi connectivity index (χ1) is 17.4. The van der Waals surface area contributed by atoms with Crippen molar-refractivity contribution in [1.29, 1.82) is 0 Å². The molecule has 0 aliphatic rings. The predicted octanol–water partition coefficient (Wildman–Crippen LogP) is 5.91. The molecule has 3 aromatic carbocycles. The fourth-order valence-corrected chi connectivity index (χ4v) is 3.11. The van der Waals surface area contributed by atoms with Crippen LogP contribution in [0, 0.1) is 0 Å². The summed E-state index contributed by atoms with van der Waals surface area (Å²) in [7, 11) is 0. The van der Waals surface area contributed by atoms with E-state index >= 15 is 0 Å². The maximum atomic E-state index is 12.5. The second-order valence-corrected chi connectivity index (χ2v) is 7.78. The quantitative estimate of drug-likeness (QED) is 0.0941. The molecule has 0 radical (unpaired) electrons. The predicted molar refractivity (Wildman–Crippen MR) is 129 cm³/mol. The Balaban J connectivity index is 1.76. The zero-order valence-electron chi connectivity index (χ0n) is 18.6. The number of aromatic carboxylic acids is 1. The van der Waals surface area contributed by atoms with Crippen LogP contribution in [0.3, 0.4) is 0 Å². The molecule has 0 saturated carbocycles. The van der Waals surface area contributed by atoms with Crippen molar-refractivity contribution in [3.63, 3.8) is 0 Å². The number of hydrogen-bond acceptors (Lipinski definition) is 11. The van der Waals surface area contributed by atoms with Crippen molar-refractivity contribution in [2.45, 2.75) is 17.9 Å². The number of carbonyl (C=O) groups is 3. The SMILES string of the molecule is CC(=O)C(N=Nc1ccc(N=Nc2ccc(SOOO)cc2)cc1C(=O)O)C(=O)Nc1ccccc1. The fourth-order valence-electron chi connectivity index (χ4n) is 2.75. The Kier molecular flexibility index (Phi) is 9.48. The molecule has 0 heterocycles. The maximum Gasteiger partial charge on any atom is 0.338 e. The summed E-state index contributed by atoms with van der Waals surface area (Å²) in [6, 6.07) is 17.6. The van der Waals surface area contributed by atoms with E-state index in [2.05, 4.69) is 35.1 Å². The molecule has 1 amide bonds. The van der Waals surface area contributed by atoms with Gasteiger partial charge in [-0.15, -0.1) is 4.33 Å². The molecule has 12 nitrogen and oxygen atoms in total. The highest BCUT2D eigenvalue weighted by Gasteiger charge is 2.23. The van der Waals surface area contributed by atoms with Crippen molar-refractivity contribution >= 4 is 52.5 Å². The molecule has 184 valence electrons. The number of nitrogens with zero attached hydrogens (tertiary/aromatic N) is 4. The molecular weight excluding hydrogens is 490 g/mol. The van der Waals surface area contributed by atoms with Crippen LogP contribution in [0.15, 0.2) is 98.1 Å². The number of carboxylic acid groups (broad SMARTS) is 1. The van der Waals surface area contributed by atoms with Crippen molar-refractivity contribution in [2.75, 3.05) is 5.32 Å². The second-order valence-electron chi connectivity index (χ2n) is 7.01. The Morgan fingerprint density at radius 2 is 1.58 bits per heavy atom. The Morgan fingerprint density at radius 1 is 0.917 bits per heavy atom. The van der Waals surface area contributed by atoms with Gasteiger partial charge in [-0.3, -0.25) is 9.59 Å². The number of nitrogens with one attached hydrogen (secondary N) is 1. The summed E-state index contributed by atoms with van der Waals surface area (Å²) in [5.74, 6) is -2.56. The third kappa shape index (κ3) is 7.61. The topological polar surface area (TPSA) is 172 Å². The number of hydrogen-bond donors (Lipinski definition) is 3. The number of anilines is 1. The summed E-state index contributed by atoms with van der Waals surface area (Å²) in [5, 5.41) is 39.6. The van der Waals surface area contributed by atoms with Gasteiger partial charge in [-0.2, -0.15) is 20.5 Å². The number of azo groups is 2. The van der Waals surface area contributed by atoms with Gasteiger partial charge in [0, 0.05) is 10.6 Å². The lowest BCUT2D eigenvalue weighted by atomic mass is 10.1. The molecular formula is C23H19N5O7S. The number of amides is 1. The molecule has 36 heavy (non-hydrogen) atoms. The summed E-state index contributed by atoms with van der Waals surface area (Å²) in [6.07, 6.45) is 0. The number of ketones is 1. The molecule has 0 saturated heterocycles. The van der Waals surface area contributed by atoms with E-state index in [4.69, 9.17) is 5.26 Å². The number of carbonyl (C=O) groups excluding carboxylic acids is 2. The molecule has 13 heteroatoms. The van der Waals surface area contributed by atoms with Gasteiger partial charge < -0.3 is 10.4 Å². The van der Waals surface area contributed by atoms with E-state index in [1.807, 2.05) is 0 Å². The number of carboxylic acids is 1. The lowest BCUT2D eigenvalue weighted by Gasteiger charge is -2.09. The van der Waals surface area contributed by atoms with Crippen LogP contribution in [0.1, 0.15) is 17.3 Å². The van der Waals surface area contributed by atoms with Crippen LogP contribution < -0.4 is 5.32 Å². The van der Waals surface area contributed by atoms with E-state index in [1.54, 1.807) is 54.6 Å². The van der Waals surface area contributed by atoms with E-state index in [-0.39, 0.29) is 16.9 Å². The minimum Gasteiger partial charge on any atom is -0.478 e. The number of para-hydroxylation sites is 1. The van der Waals surface area contributed by atoms with Crippen molar-refractivity contribution in [1.82, 2.24) is 0 Å². The highest BCUT2D eigenvalue weighted by Crippen LogP contribution is 2.28. The van der Waals surface area contributed by atoms with Gasteiger partial charge in [-0.1, -0.05) is 23.2 Å². The fraction of sp³-hybridized carbons (Fsp3) is 0.0870. The number of rotatable bonds is 11. The smallest absolute Gasteiger partial charge is 0.338 e. The lowest BCUT2D eigenvalue weighted by Crippen LogP contribution is -2.31. The normalized spacial score (nSPS) is 12.1. The Morgan fingerprint density at radius 3 is 2.22 bits per heavy atom. The molecule has 1 atom stereocenters. The van der Waals surface area contributed by atoms with Crippen LogP contribution in [0.25, 0.3) is 0 Å². The third-order valence-electron chi connectivity index (χ3n) is 4.44. The zero-order valence-corrected chi connectivity index (χ0v) is 19.5. The van der Waals surface area contributed by atoms with Gasteiger partial charge in [0.25, 0.3) is 5.91 Å². The third-order valence-corrected chi connectivity index (χ3v) is 5.04. The molecule has 3 rings (SSSR count). The standard InChI is InChI=1S/C23H19N5O7S/c1-14(29)21(22(30)24-15-5-3-2-4-6-15)28-27-20-12-9-17(13-19(20)23(31)32)26-25-16-7-10-18(11-8-16)36-35-34-33/h2-13,21,33H,1H3,(H,24,30)(H,31,32). The zero-order chi connectivity index (χ0) is 25.9. The van der Waals surface area contributed by atoms with Crippen molar-refractivity contribution in [3.05, 3.63) is 78.4 Å². The first kappa shape index (κ1) is 26.3. The van der Waals surface area contributed by atoms with Crippen LogP contribution in [-0.2, 0) is 19.0 Å². The van der Waals surface area contributed by atoms with E-state index in [0.29, 0.717) is 16.3 Å². The monoisotopic (exact) mass is 509 g/mol. The lowest BCUT2D eigenvalue weighted by molar-refractivity contribution is -0.432. The van der Waals surface area contributed by atoms with Crippen molar-refractivity contribution in [2.24, 2.45) is 20.5 Å². The molecule has 3 N–H and O–H groups in total. The summed E-state index contributed by atoms with van der Waals surface area (Å²) in [4.78, 5) is 36.9. The van der Waals surface area contributed by atoms with Gasteiger partial charge in [0.2, 0.25) is 6.04 Å². The average Bonchev–Trinajstić information content (AvgIpc) is 2.87. The Bertz CT molecular complexity index is 1280. The second kappa shape index (κ2) is 13.0. The van der Waals surface area contributed by atoms with Crippen LogP contribution in [0.2, 0.25) is 0 Å². The van der Waals surface area contributed by atoms with Crippen molar-refractivity contribution < 1.29 is 34.1 Å². The summed E-state index contributed by atoms with van der Waals surface area (Å²) in [5.41, 5.74) is 0.873. The van der Waals surface area contributed by atoms with E-state index in [9.17, 15) is 19.5 Å². The van der Waals surface area contributed by atoms with Crippen LogP contribution in [0.5, 0.6) is 0 Å². The highest BCUT2D eigenvalue weighted by molar-refractivity contribution is 7.94. The average molecular weight is 510 g/mol. The number of Topliss-reactive ketones (excluding diaryl/α,β-unsaturated/α-hetero) is 1. The minimum absolute atomic E-state index is 0.0623. The Labute approximate surface area is 208 Å². The largest absolute Gasteiger partial charge is 0.478 e. The summed E-state index contributed by atoms with van der Waals surface area (Å²) >= 11 is 0.785. The molecule has 0 aromatic heterocycles. The van der Waals surface area contributed by atoms with Crippen molar-refractivity contribution in [3.8, 4) is 0 Å². The van der Waals surface area contributed by atoms with Crippen LogP contribution in [-0.4, -0.2) is 34.1 Å². The molecule has 3 aromatic rings. The molecule has 0 spiro atoms. The first-order valence-corrected chi connectivity index (χ1v) is 10.9. The van der Waals surface area contributed by atoms with Gasteiger partial charge in [0.05, 0.1) is 34.7 Å². The first-order valence-electron chi connectivity index (χ1n) is 10.2. The molecule has 0 aliphatic carbocycles.